The van der Waals surface area contributed by atoms with Crippen LogP contribution in [0.3, 0.4) is 0 Å². The summed E-state index contributed by atoms with van der Waals surface area (Å²) >= 11 is 1.15. The molecule has 0 radical (unpaired) electrons. The number of rotatable bonds is 3. The Hall–Kier alpha value is -1.01. The summed E-state index contributed by atoms with van der Waals surface area (Å²) < 4.78 is 8.80. The van der Waals surface area contributed by atoms with E-state index in [9.17, 15) is 4.79 Å². The van der Waals surface area contributed by atoms with Gasteiger partial charge in [-0.15, -0.1) is 5.10 Å². The number of hydrogen-bond donors (Lipinski definition) is 1. The number of carbonyl (C=O) groups excluding carboxylic acids is 1. The molecule has 0 aromatic carbocycles. The molecule has 0 saturated carbocycles. The Morgan fingerprint density at radius 1 is 1.60 bits per heavy atom. The van der Waals surface area contributed by atoms with E-state index < -0.39 is 0 Å². The summed E-state index contributed by atoms with van der Waals surface area (Å²) in [7, 11) is 0. The number of carbonyl (C=O) groups is 1. The number of nitrogens with one attached hydrogen (secondary N) is 1. The van der Waals surface area contributed by atoms with E-state index in [1.807, 2.05) is 13.8 Å². The lowest BCUT2D eigenvalue weighted by atomic mass is 10.1. The molecule has 2 rings (SSSR count). The van der Waals surface area contributed by atoms with Gasteiger partial charge < -0.3 is 10.1 Å². The van der Waals surface area contributed by atoms with E-state index in [1.165, 1.54) is 0 Å². The highest BCUT2D eigenvalue weighted by atomic mass is 32.1. The maximum absolute atomic E-state index is 11.8. The molecule has 1 N–H and O–H groups in total. The molecule has 1 aliphatic heterocycles. The van der Waals surface area contributed by atoms with Crippen LogP contribution in [0.2, 0.25) is 0 Å². The molecule has 1 fully saturated rings. The molecule has 0 aliphatic carbocycles. The third-order valence-electron chi connectivity index (χ3n) is 2.24. The van der Waals surface area contributed by atoms with Gasteiger partial charge in [0.1, 0.15) is 4.88 Å². The SMILES string of the molecule is CC(C)c1nnsc1C(=O)NC1COC1. The highest BCUT2D eigenvalue weighted by Crippen LogP contribution is 2.19. The Morgan fingerprint density at radius 2 is 2.33 bits per heavy atom. The zero-order chi connectivity index (χ0) is 10.8. The molecular formula is C9H13N3O2S. The molecule has 1 amide bonds. The van der Waals surface area contributed by atoms with Gasteiger partial charge in [0.05, 0.1) is 24.9 Å². The Kier molecular flexibility index (Phi) is 2.97. The fraction of sp³-hybridized carbons (Fsp3) is 0.667. The second kappa shape index (κ2) is 4.24. The average Bonchev–Trinajstić information content (AvgIpc) is 2.59. The Balaban J connectivity index is 2.06. The largest absolute Gasteiger partial charge is 0.377 e. The summed E-state index contributed by atoms with van der Waals surface area (Å²) in [5.74, 6) is 0.143. The predicted octanol–water partition coefficient (Wildman–Crippen LogP) is 0.790. The van der Waals surface area contributed by atoms with Crippen molar-refractivity contribution in [1.29, 1.82) is 0 Å². The lowest BCUT2D eigenvalue weighted by Gasteiger charge is -2.26. The van der Waals surface area contributed by atoms with Gasteiger partial charge >= 0.3 is 0 Å². The van der Waals surface area contributed by atoms with Crippen LogP contribution in [0, 0.1) is 0 Å². The van der Waals surface area contributed by atoms with Gasteiger partial charge in [-0.1, -0.05) is 18.3 Å². The van der Waals surface area contributed by atoms with Gasteiger partial charge in [-0.3, -0.25) is 4.79 Å². The summed E-state index contributed by atoms with van der Waals surface area (Å²) in [6, 6.07) is 0.152. The molecule has 0 unspecified atom stereocenters. The van der Waals surface area contributed by atoms with Crippen molar-refractivity contribution in [2.24, 2.45) is 0 Å². The van der Waals surface area contributed by atoms with Crippen molar-refractivity contribution in [2.45, 2.75) is 25.8 Å². The minimum atomic E-state index is -0.0815. The molecule has 1 aromatic rings. The second-order valence-corrected chi connectivity index (χ2v) is 4.60. The molecule has 82 valence electrons. The zero-order valence-corrected chi connectivity index (χ0v) is 9.50. The highest BCUT2D eigenvalue weighted by Gasteiger charge is 2.24. The lowest BCUT2D eigenvalue weighted by Crippen LogP contribution is -2.48. The van der Waals surface area contributed by atoms with Gasteiger partial charge in [0.2, 0.25) is 0 Å². The minimum Gasteiger partial charge on any atom is -0.377 e. The van der Waals surface area contributed by atoms with Crippen molar-refractivity contribution in [2.75, 3.05) is 13.2 Å². The van der Waals surface area contributed by atoms with Gasteiger partial charge in [-0.2, -0.15) is 0 Å². The molecule has 0 spiro atoms. The molecule has 5 nitrogen and oxygen atoms in total. The third-order valence-corrected chi connectivity index (χ3v) is 2.98. The standard InChI is InChI=1S/C9H13N3O2S/c1-5(2)7-8(15-12-11-7)9(13)10-6-3-14-4-6/h5-6H,3-4H2,1-2H3,(H,10,13). The van der Waals surface area contributed by atoms with E-state index in [2.05, 4.69) is 14.9 Å². The number of aromatic nitrogens is 2. The van der Waals surface area contributed by atoms with Crippen LogP contribution in [-0.4, -0.2) is 34.7 Å². The molecule has 15 heavy (non-hydrogen) atoms. The molecule has 1 saturated heterocycles. The summed E-state index contributed by atoms with van der Waals surface area (Å²) in [4.78, 5) is 12.4. The van der Waals surface area contributed by atoms with E-state index in [-0.39, 0.29) is 17.9 Å². The smallest absolute Gasteiger partial charge is 0.265 e. The lowest BCUT2D eigenvalue weighted by molar-refractivity contribution is -0.00341. The first kappa shape index (κ1) is 10.5. The van der Waals surface area contributed by atoms with Gasteiger partial charge in [0.15, 0.2) is 0 Å². The zero-order valence-electron chi connectivity index (χ0n) is 8.69. The van der Waals surface area contributed by atoms with E-state index in [0.717, 1.165) is 17.2 Å². The highest BCUT2D eigenvalue weighted by molar-refractivity contribution is 7.08. The van der Waals surface area contributed by atoms with Crippen molar-refractivity contribution in [3.05, 3.63) is 10.6 Å². The first-order valence-electron chi connectivity index (χ1n) is 4.89. The summed E-state index contributed by atoms with van der Waals surface area (Å²) in [6.07, 6.45) is 0. The maximum atomic E-state index is 11.8. The van der Waals surface area contributed by atoms with Gasteiger partial charge in [0, 0.05) is 0 Å². The van der Waals surface area contributed by atoms with Crippen molar-refractivity contribution in [1.82, 2.24) is 14.9 Å². The van der Waals surface area contributed by atoms with E-state index in [1.54, 1.807) is 0 Å². The first-order chi connectivity index (χ1) is 7.18. The van der Waals surface area contributed by atoms with Gasteiger partial charge in [-0.25, -0.2) is 0 Å². The molecule has 2 heterocycles. The Morgan fingerprint density at radius 3 is 2.87 bits per heavy atom. The van der Waals surface area contributed by atoms with Crippen LogP contribution < -0.4 is 5.32 Å². The molecular weight excluding hydrogens is 214 g/mol. The summed E-state index contributed by atoms with van der Waals surface area (Å²) in [5, 5.41) is 6.84. The minimum absolute atomic E-state index is 0.0815. The van der Waals surface area contributed by atoms with Gasteiger partial charge in [-0.05, 0) is 17.5 Å². The van der Waals surface area contributed by atoms with Crippen LogP contribution in [0.15, 0.2) is 0 Å². The molecule has 1 aliphatic rings. The molecule has 1 aromatic heterocycles. The van der Waals surface area contributed by atoms with Crippen molar-refractivity contribution in [3.8, 4) is 0 Å². The van der Waals surface area contributed by atoms with Crippen molar-refractivity contribution >= 4 is 17.4 Å². The Labute approximate surface area is 92.0 Å². The fourth-order valence-corrected chi connectivity index (χ4v) is 2.03. The van der Waals surface area contributed by atoms with Crippen LogP contribution in [-0.2, 0) is 4.74 Å². The summed E-state index contributed by atoms with van der Waals surface area (Å²) in [5.41, 5.74) is 0.776. The monoisotopic (exact) mass is 227 g/mol. The topological polar surface area (TPSA) is 64.1 Å². The van der Waals surface area contributed by atoms with E-state index >= 15 is 0 Å². The van der Waals surface area contributed by atoms with E-state index in [0.29, 0.717) is 18.1 Å². The molecule has 6 heteroatoms. The van der Waals surface area contributed by atoms with Crippen molar-refractivity contribution < 1.29 is 9.53 Å². The van der Waals surface area contributed by atoms with Crippen LogP contribution in [0.1, 0.15) is 35.1 Å². The van der Waals surface area contributed by atoms with Crippen LogP contribution in [0.4, 0.5) is 0 Å². The predicted molar refractivity (Wildman–Crippen MR) is 56.1 cm³/mol. The quantitative estimate of drug-likeness (QED) is 0.829. The summed E-state index contributed by atoms with van der Waals surface area (Å²) in [6.45, 7) is 5.21. The number of amides is 1. The van der Waals surface area contributed by atoms with Crippen LogP contribution in [0.5, 0.6) is 0 Å². The molecule has 0 bridgehead atoms. The maximum Gasteiger partial charge on any atom is 0.265 e. The number of hydrogen-bond acceptors (Lipinski definition) is 5. The second-order valence-electron chi connectivity index (χ2n) is 3.85. The Bertz CT molecular complexity index is 360. The third kappa shape index (κ3) is 2.15. The van der Waals surface area contributed by atoms with Crippen LogP contribution >= 0.6 is 11.5 Å². The van der Waals surface area contributed by atoms with E-state index in [4.69, 9.17) is 4.74 Å². The fourth-order valence-electron chi connectivity index (χ4n) is 1.30. The van der Waals surface area contributed by atoms with Crippen molar-refractivity contribution in [3.63, 3.8) is 0 Å². The van der Waals surface area contributed by atoms with Crippen LogP contribution in [0.25, 0.3) is 0 Å². The van der Waals surface area contributed by atoms with Gasteiger partial charge in [0.25, 0.3) is 5.91 Å². The average molecular weight is 227 g/mol. The number of nitrogens with zero attached hydrogens (tertiary/aromatic N) is 2. The molecule has 0 atom stereocenters. The normalized spacial score (nSPS) is 16.5. The first-order valence-corrected chi connectivity index (χ1v) is 5.66. The number of ether oxygens (including phenoxy) is 1.